The van der Waals surface area contributed by atoms with E-state index in [9.17, 15) is 24.5 Å². The molecule has 29 heavy (non-hydrogen) atoms. The molecule has 2 atom stereocenters. The molecule has 0 bridgehead atoms. The molecule has 0 aromatic carbocycles. The van der Waals surface area contributed by atoms with Crippen LogP contribution in [0.25, 0.3) is 0 Å². The van der Waals surface area contributed by atoms with E-state index < -0.39 is 33.8 Å². The van der Waals surface area contributed by atoms with Gasteiger partial charge in [0.2, 0.25) is 5.69 Å². The Morgan fingerprint density at radius 2 is 2.10 bits per heavy atom. The molecule has 3 amide bonds. The third-order valence-electron chi connectivity index (χ3n) is 4.55. The van der Waals surface area contributed by atoms with E-state index in [4.69, 9.17) is 0 Å². The first-order valence-corrected chi connectivity index (χ1v) is 10.1. The van der Waals surface area contributed by atoms with E-state index in [-0.39, 0.29) is 17.5 Å². The summed E-state index contributed by atoms with van der Waals surface area (Å²) in [6.07, 6.45) is 1.13. The molecule has 3 heterocycles. The van der Waals surface area contributed by atoms with Crippen LogP contribution in [0.1, 0.15) is 31.3 Å². The maximum absolute atomic E-state index is 12.7. The monoisotopic (exact) mass is 422 g/mol. The predicted octanol–water partition coefficient (Wildman–Crippen LogP) is 0.388. The molecular formula is C17H22N6O5S. The Morgan fingerprint density at radius 1 is 1.41 bits per heavy atom. The van der Waals surface area contributed by atoms with Gasteiger partial charge in [0.25, 0.3) is 17.7 Å². The van der Waals surface area contributed by atoms with Gasteiger partial charge in [0, 0.05) is 19.3 Å². The SMILES string of the molecule is CC1=C(C(=O)NCC(C)C)N2C(=O)C(NC(=O)c3nn(C)cc3[N+](=O)[O-])C2SC1. The van der Waals surface area contributed by atoms with Crippen LogP contribution in [0.2, 0.25) is 0 Å². The standard InChI is InChI=1S/C17H22N6O5S/c1-8(2)5-18-15(25)13-9(3)7-29-17-12(16(26)22(13)17)19-14(24)11-10(23(27)28)6-21(4)20-11/h6,8,12,17H,5,7H2,1-4H3,(H,18,25)(H,19,24). The van der Waals surface area contributed by atoms with Gasteiger partial charge in [-0.05, 0) is 18.4 Å². The summed E-state index contributed by atoms with van der Waals surface area (Å²) in [5, 5.41) is 19.8. The van der Waals surface area contributed by atoms with Gasteiger partial charge in [0.15, 0.2) is 0 Å². The van der Waals surface area contributed by atoms with Gasteiger partial charge in [-0.3, -0.25) is 34.1 Å². The van der Waals surface area contributed by atoms with Gasteiger partial charge in [-0.25, -0.2) is 0 Å². The van der Waals surface area contributed by atoms with Gasteiger partial charge in [-0.1, -0.05) is 13.8 Å². The lowest BCUT2D eigenvalue weighted by Crippen LogP contribution is -2.71. The number of carbonyl (C=O) groups excluding carboxylic acids is 3. The summed E-state index contributed by atoms with van der Waals surface area (Å²) in [5.41, 5.74) is 0.306. The number of nitrogens with one attached hydrogen (secondary N) is 2. The molecule has 12 heteroatoms. The molecule has 3 rings (SSSR count). The Bertz CT molecular complexity index is 923. The zero-order valence-electron chi connectivity index (χ0n) is 16.5. The molecule has 0 spiro atoms. The second kappa shape index (κ2) is 7.85. The summed E-state index contributed by atoms with van der Waals surface area (Å²) in [4.78, 5) is 49.6. The summed E-state index contributed by atoms with van der Waals surface area (Å²) < 4.78 is 1.17. The Kier molecular flexibility index (Phi) is 5.64. The number of hydrogen-bond donors (Lipinski definition) is 2. The average molecular weight is 422 g/mol. The van der Waals surface area contributed by atoms with Crippen LogP contribution in [-0.2, 0) is 16.6 Å². The Morgan fingerprint density at radius 3 is 2.72 bits per heavy atom. The Balaban J connectivity index is 1.75. The average Bonchev–Trinajstić information content (AvgIpc) is 3.06. The third kappa shape index (κ3) is 3.84. The van der Waals surface area contributed by atoms with Crippen molar-refractivity contribution in [1.82, 2.24) is 25.3 Å². The predicted molar refractivity (Wildman–Crippen MR) is 105 cm³/mol. The maximum Gasteiger partial charge on any atom is 0.320 e. The molecule has 1 fully saturated rings. The van der Waals surface area contributed by atoms with Crippen molar-refractivity contribution in [2.24, 2.45) is 13.0 Å². The molecule has 2 unspecified atom stereocenters. The molecule has 0 aliphatic carbocycles. The Labute approximate surface area is 171 Å². The van der Waals surface area contributed by atoms with Crippen LogP contribution >= 0.6 is 11.8 Å². The topological polar surface area (TPSA) is 139 Å². The number of aromatic nitrogens is 2. The molecule has 2 N–H and O–H groups in total. The van der Waals surface area contributed by atoms with Gasteiger partial charge in [-0.15, -0.1) is 11.8 Å². The van der Waals surface area contributed by atoms with Crippen LogP contribution in [-0.4, -0.2) is 61.0 Å². The van der Waals surface area contributed by atoms with Crippen molar-refractivity contribution in [3.63, 3.8) is 0 Å². The smallest absolute Gasteiger partial charge is 0.320 e. The summed E-state index contributed by atoms with van der Waals surface area (Å²) in [6.45, 7) is 6.22. The van der Waals surface area contributed by atoms with Gasteiger partial charge >= 0.3 is 5.69 Å². The lowest BCUT2D eigenvalue weighted by molar-refractivity contribution is -0.385. The second-order valence-electron chi connectivity index (χ2n) is 7.39. The minimum absolute atomic E-state index is 0.266. The van der Waals surface area contributed by atoms with E-state index in [0.29, 0.717) is 18.0 Å². The summed E-state index contributed by atoms with van der Waals surface area (Å²) in [5.74, 6) is -0.743. The summed E-state index contributed by atoms with van der Waals surface area (Å²) in [6, 6.07) is -0.880. The lowest BCUT2D eigenvalue weighted by atomic mass is 10.0. The molecule has 1 aromatic heterocycles. The minimum atomic E-state index is -0.880. The molecule has 1 aromatic rings. The first kappa shape index (κ1) is 20.8. The highest BCUT2D eigenvalue weighted by molar-refractivity contribution is 8.00. The highest BCUT2D eigenvalue weighted by Crippen LogP contribution is 2.40. The lowest BCUT2D eigenvalue weighted by Gasteiger charge is -2.49. The summed E-state index contributed by atoms with van der Waals surface area (Å²) in [7, 11) is 1.46. The minimum Gasteiger partial charge on any atom is -0.351 e. The van der Waals surface area contributed by atoms with E-state index in [0.717, 1.165) is 11.8 Å². The molecule has 156 valence electrons. The Hall–Kier alpha value is -2.89. The van der Waals surface area contributed by atoms with Crippen LogP contribution in [0.3, 0.4) is 0 Å². The number of carbonyl (C=O) groups is 3. The van der Waals surface area contributed by atoms with Gasteiger partial charge in [-0.2, -0.15) is 5.10 Å². The quantitative estimate of drug-likeness (QED) is 0.384. The number of fused-ring (bicyclic) bond motifs is 1. The first-order chi connectivity index (χ1) is 13.6. The zero-order chi connectivity index (χ0) is 21.5. The molecule has 2 aliphatic rings. The number of nitrogens with zero attached hydrogens (tertiary/aromatic N) is 4. The fourth-order valence-corrected chi connectivity index (χ4v) is 4.45. The van der Waals surface area contributed by atoms with E-state index in [1.54, 1.807) is 6.92 Å². The zero-order valence-corrected chi connectivity index (χ0v) is 17.3. The number of amides is 3. The number of aryl methyl sites for hydroxylation is 1. The normalized spacial score (nSPS) is 21.0. The third-order valence-corrected chi connectivity index (χ3v) is 5.98. The second-order valence-corrected chi connectivity index (χ2v) is 8.49. The molecule has 0 radical (unpaired) electrons. The van der Waals surface area contributed by atoms with Crippen molar-refractivity contribution in [3.8, 4) is 0 Å². The van der Waals surface area contributed by atoms with Crippen molar-refractivity contribution in [2.45, 2.75) is 32.2 Å². The maximum atomic E-state index is 12.7. The number of thioether (sulfide) groups is 1. The van der Waals surface area contributed by atoms with E-state index in [1.807, 2.05) is 13.8 Å². The van der Waals surface area contributed by atoms with Crippen LogP contribution < -0.4 is 10.6 Å². The number of nitro groups is 1. The van der Waals surface area contributed by atoms with Crippen molar-refractivity contribution in [3.05, 3.63) is 33.3 Å². The fourth-order valence-electron chi connectivity index (χ4n) is 3.15. The van der Waals surface area contributed by atoms with Gasteiger partial charge in [0.1, 0.15) is 23.3 Å². The van der Waals surface area contributed by atoms with E-state index >= 15 is 0 Å². The van der Waals surface area contributed by atoms with Crippen molar-refractivity contribution in [1.29, 1.82) is 0 Å². The van der Waals surface area contributed by atoms with Crippen molar-refractivity contribution >= 4 is 35.2 Å². The molecule has 11 nitrogen and oxygen atoms in total. The fraction of sp³-hybridized carbons (Fsp3) is 0.529. The van der Waals surface area contributed by atoms with E-state index in [2.05, 4.69) is 15.7 Å². The van der Waals surface area contributed by atoms with Crippen LogP contribution in [0.4, 0.5) is 5.69 Å². The van der Waals surface area contributed by atoms with Gasteiger partial charge in [0.05, 0.1) is 4.92 Å². The summed E-state index contributed by atoms with van der Waals surface area (Å²) >= 11 is 1.42. The largest absolute Gasteiger partial charge is 0.351 e. The van der Waals surface area contributed by atoms with Crippen LogP contribution in [0, 0.1) is 16.0 Å². The van der Waals surface area contributed by atoms with E-state index in [1.165, 1.54) is 28.4 Å². The molecular weight excluding hydrogens is 400 g/mol. The molecule has 2 aliphatic heterocycles. The van der Waals surface area contributed by atoms with Crippen molar-refractivity contribution in [2.75, 3.05) is 12.3 Å². The number of β-lactam (4-membered cyclic amide) rings is 1. The first-order valence-electron chi connectivity index (χ1n) is 9.03. The van der Waals surface area contributed by atoms with Crippen LogP contribution in [0.5, 0.6) is 0 Å². The highest BCUT2D eigenvalue weighted by atomic mass is 32.2. The van der Waals surface area contributed by atoms with Crippen molar-refractivity contribution < 1.29 is 19.3 Å². The number of hydrogen-bond acceptors (Lipinski definition) is 7. The molecule has 0 saturated carbocycles. The number of rotatable bonds is 6. The van der Waals surface area contributed by atoms with Gasteiger partial charge < -0.3 is 10.6 Å². The van der Waals surface area contributed by atoms with Crippen LogP contribution in [0.15, 0.2) is 17.5 Å². The molecule has 1 saturated heterocycles. The highest BCUT2D eigenvalue weighted by Gasteiger charge is 2.54.